The molecule has 3 amide bonds. The van der Waals surface area contributed by atoms with Gasteiger partial charge in [0, 0.05) is 4.88 Å². The van der Waals surface area contributed by atoms with E-state index in [0.29, 0.717) is 17.9 Å². The molecular formula is C17H18N4O3S2. The Labute approximate surface area is 160 Å². The number of hydrazine groups is 1. The summed E-state index contributed by atoms with van der Waals surface area (Å²) in [7, 11) is 1.54. The summed E-state index contributed by atoms with van der Waals surface area (Å²) >= 11 is 6.78. The predicted octanol–water partition coefficient (Wildman–Crippen LogP) is 2.10. The van der Waals surface area contributed by atoms with Gasteiger partial charge in [0.1, 0.15) is 11.3 Å². The first kappa shape index (κ1) is 18.2. The lowest BCUT2D eigenvalue weighted by atomic mass is 9.92. The van der Waals surface area contributed by atoms with E-state index in [4.69, 9.17) is 17.0 Å². The molecule has 3 rings (SSSR count). The van der Waals surface area contributed by atoms with Gasteiger partial charge >= 0.3 is 6.03 Å². The minimum atomic E-state index is -1.21. The molecule has 136 valence electrons. The average Bonchev–Trinajstić information content (AvgIpc) is 3.23. The zero-order chi connectivity index (χ0) is 18.7. The normalized spacial score (nSPS) is 19.2. The van der Waals surface area contributed by atoms with E-state index in [-0.39, 0.29) is 5.11 Å². The Hall–Kier alpha value is -2.65. The van der Waals surface area contributed by atoms with Crippen LogP contribution in [0.1, 0.15) is 17.4 Å². The van der Waals surface area contributed by atoms with Crippen LogP contribution in [0.2, 0.25) is 0 Å². The highest BCUT2D eigenvalue weighted by atomic mass is 32.1. The molecule has 1 aromatic carbocycles. The van der Waals surface area contributed by atoms with Crippen LogP contribution in [-0.4, -0.2) is 29.2 Å². The molecule has 1 atom stereocenters. The molecular weight excluding hydrogens is 372 g/mol. The van der Waals surface area contributed by atoms with Crippen molar-refractivity contribution in [3.05, 3.63) is 52.2 Å². The van der Waals surface area contributed by atoms with Gasteiger partial charge in [0.05, 0.1) is 13.7 Å². The molecule has 0 unspecified atom stereocenters. The van der Waals surface area contributed by atoms with Crippen molar-refractivity contribution in [2.75, 3.05) is 7.11 Å². The third-order valence-corrected chi connectivity index (χ3v) is 5.17. The number of carbonyl (C=O) groups is 2. The zero-order valence-corrected chi connectivity index (χ0v) is 15.9. The summed E-state index contributed by atoms with van der Waals surface area (Å²) in [4.78, 5) is 26.3. The van der Waals surface area contributed by atoms with Crippen LogP contribution >= 0.6 is 23.6 Å². The predicted molar refractivity (Wildman–Crippen MR) is 103 cm³/mol. The van der Waals surface area contributed by atoms with Gasteiger partial charge in [-0.15, -0.1) is 11.3 Å². The number of nitrogens with zero attached hydrogens (tertiary/aromatic N) is 1. The monoisotopic (exact) mass is 390 g/mol. The van der Waals surface area contributed by atoms with E-state index in [1.54, 1.807) is 49.6 Å². The second-order valence-corrected chi connectivity index (χ2v) is 7.24. The van der Waals surface area contributed by atoms with Crippen molar-refractivity contribution in [3.8, 4) is 5.75 Å². The molecule has 1 aliphatic heterocycles. The molecule has 2 heterocycles. The van der Waals surface area contributed by atoms with Crippen LogP contribution in [-0.2, 0) is 16.9 Å². The van der Waals surface area contributed by atoms with Gasteiger partial charge in [-0.25, -0.2) is 4.79 Å². The van der Waals surface area contributed by atoms with E-state index < -0.39 is 17.5 Å². The number of thiocarbonyl (C=S) groups is 1. The first-order chi connectivity index (χ1) is 12.4. The van der Waals surface area contributed by atoms with Crippen LogP contribution < -0.4 is 20.8 Å². The fourth-order valence-electron chi connectivity index (χ4n) is 2.59. The number of rotatable bonds is 5. The van der Waals surface area contributed by atoms with Crippen molar-refractivity contribution in [1.29, 1.82) is 0 Å². The number of carbonyl (C=O) groups excluding carboxylic acids is 2. The molecule has 26 heavy (non-hydrogen) atoms. The van der Waals surface area contributed by atoms with E-state index in [9.17, 15) is 9.59 Å². The van der Waals surface area contributed by atoms with E-state index in [1.807, 2.05) is 17.5 Å². The van der Waals surface area contributed by atoms with Crippen LogP contribution in [0.3, 0.4) is 0 Å². The maximum absolute atomic E-state index is 12.9. The molecule has 1 saturated heterocycles. The highest BCUT2D eigenvalue weighted by Gasteiger charge is 2.49. The summed E-state index contributed by atoms with van der Waals surface area (Å²) in [5, 5.41) is 8.73. The lowest BCUT2D eigenvalue weighted by Crippen LogP contribution is -2.51. The number of hydrogen-bond donors (Lipinski definition) is 3. The molecule has 0 aliphatic carbocycles. The van der Waals surface area contributed by atoms with Crippen LogP contribution in [0, 0.1) is 0 Å². The number of imide groups is 1. The number of hydrogen-bond acceptors (Lipinski definition) is 5. The van der Waals surface area contributed by atoms with Crippen molar-refractivity contribution >= 4 is 40.6 Å². The molecule has 1 aromatic heterocycles. The highest BCUT2D eigenvalue weighted by molar-refractivity contribution is 7.80. The Balaban J connectivity index is 1.70. The van der Waals surface area contributed by atoms with Crippen molar-refractivity contribution in [2.45, 2.75) is 19.0 Å². The molecule has 3 N–H and O–H groups in total. The average molecular weight is 390 g/mol. The molecule has 0 saturated carbocycles. The summed E-state index contributed by atoms with van der Waals surface area (Å²) in [5.74, 6) is 0.154. The van der Waals surface area contributed by atoms with E-state index >= 15 is 0 Å². The van der Waals surface area contributed by atoms with Crippen LogP contribution in [0.5, 0.6) is 5.75 Å². The van der Waals surface area contributed by atoms with Gasteiger partial charge in [0.2, 0.25) is 0 Å². The number of thiophene rings is 1. The van der Waals surface area contributed by atoms with E-state index in [1.165, 1.54) is 0 Å². The summed E-state index contributed by atoms with van der Waals surface area (Å²) in [6, 6.07) is 10.4. The first-order valence-corrected chi connectivity index (χ1v) is 9.11. The molecule has 0 bridgehead atoms. The van der Waals surface area contributed by atoms with Gasteiger partial charge in [-0.2, -0.15) is 5.01 Å². The lowest BCUT2D eigenvalue weighted by Gasteiger charge is -2.23. The fourth-order valence-corrected chi connectivity index (χ4v) is 3.40. The molecule has 7 nitrogen and oxygen atoms in total. The Morgan fingerprint density at radius 3 is 2.85 bits per heavy atom. The van der Waals surface area contributed by atoms with Gasteiger partial charge in [-0.05, 0) is 48.3 Å². The minimum absolute atomic E-state index is 0.191. The minimum Gasteiger partial charge on any atom is -0.497 e. The number of methoxy groups -OCH3 is 1. The van der Waals surface area contributed by atoms with Gasteiger partial charge in [0.15, 0.2) is 5.11 Å². The number of urea groups is 1. The summed E-state index contributed by atoms with van der Waals surface area (Å²) in [5.41, 5.74) is 2.08. The molecule has 1 fully saturated rings. The molecule has 9 heteroatoms. The standard InChI is InChI=1S/C17H18N4O3S2/c1-17(11-5-3-6-12(9-11)24-2)14(22)21(16(23)19-17)20-15(25)18-10-13-7-4-8-26-13/h3-9H,10H2,1-2H3,(H,19,23)(H2,18,20,25)/t17-/m0/s1. The third-order valence-electron chi connectivity index (χ3n) is 4.05. The van der Waals surface area contributed by atoms with Gasteiger partial charge in [-0.1, -0.05) is 18.2 Å². The number of nitrogens with one attached hydrogen (secondary N) is 3. The number of ether oxygens (including phenoxy) is 1. The van der Waals surface area contributed by atoms with E-state index in [2.05, 4.69) is 16.1 Å². The van der Waals surface area contributed by atoms with Crippen LogP contribution in [0.15, 0.2) is 41.8 Å². The summed E-state index contributed by atoms with van der Waals surface area (Å²) < 4.78 is 5.20. The lowest BCUT2D eigenvalue weighted by molar-refractivity contribution is -0.132. The first-order valence-electron chi connectivity index (χ1n) is 7.82. The molecule has 2 aromatic rings. The Kier molecular flexibility index (Phi) is 5.10. The topological polar surface area (TPSA) is 82.7 Å². The van der Waals surface area contributed by atoms with Gasteiger partial charge in [-0.3, -0.25) is 10.2 Å². The molecule has 0 radical (unpaired) electrons. The maximum atomic E-state index is 12.9. The zero-order valence-electron chi connectivity index (χ0n) is 14.2. The van der Waals surface area contributed by atoms with Gasteiger partial charge in [0.25, 0.3) is 5.91 Å². The van der Waals surface area contributed by atoms with Gasteiger partial charge < -0.3 is 15.4 Å². The maximum Gasteiger partial charge on any atom is 0.344 e. The number of benzene rings is 1. The Morgan fingerprint density at radius 1 is 1.35 bits per heavy atom. The largest absolute Gasteiger partial charge is 0.497 e. The quantitative estimate of drug-likeness (QED) is 0.536. The van der Waals surface area contributed by atoms with Crippen molar-refractivity contribution < 1.29 is 14.3 Å². The van der Waals surface area contributed by atoms with Crippen molar-refractivity contribution in [3.63, 3.8) is 0 Å². The summed E-state index contributed by atoms with van der Waals surface area (Å²) in [6.45, 7) is 2.16. The SMILES string of the molecule is COc1cccc([C@]2(C)NC(=O)N(NC(=S)NCc3cccs3)C2=O)c1. The van der Waals surface area contributed by atoms with Crippen LogP contribution in [0.4, 0.5) is 4.79 Å². The van der Waals surface area contributed by atoms with Crippen LogP contribution in [0.25, 0.3) is 0 Å². The van der Waals surface area contributed by atoms with Crippen molar-refractivity contribution in [2.24, 2.45) is 0 Å². The second kappa shape index (κ2) is 7.30. The fraction of sp³-hybridized carbons (Fsp3) is 0.235. The smallest absolute Gasteiger partial charge is 0.344 e. The third kappa shape index (κ3) is 3.49. The second-order valence-electron chi connectivity index (χ2n) is 5.80. The molecule has 1 aliphatic rings. The number of amides is 3. The highest BCUT2D eigenvalue weighted by Crippen LogP contribution is 2.30. The Bertz CT molecular complexity index is 840. The molecule has 0 spiro atoms. The van der Waals surface area contributed by atoms with E-state index in [0.717, 1.165) is 9.89 Å². The Morgan fingerprint density at radius 2 is 2.15 bits per heavy atom. The summed E-state index contributed by atoms with van der Waals surface area (Å²) in [6.07, 6.45) is 0. The van der Waals surface area contributed by atoms with Crippen molar-refractivity contribution in [1.82, 2.24) is 21.1 Å².